The minimum absolute atomic E-state index is 0.440. The van der Waals surface area contributed by atoms with Gasteiger partial charge in [-0.2, -0.15) is 5.10 Å². The normalized spacial score (nSPS) is 24.6. The van der Waals surface area contributed by atoms with Gasteiger partial charge in [-0.05, 0) is 26.3 Å². The summed E-state index contributed by atoms with van der Waals surface area (Å²) in [5.41, 5.74) is 7.07. The van der Waals surface area contributed by atoms with Crippen molar-refractivity contribution in [3.05, 3.63) is 18.0 Å². The molecule has 0 spiro atoms. The van der Waals surface area contributed by atoms with Gasteiger partial charge in [0, 0.05) is 37.4 Å². The minimum Gasteiger partial charge on any atom is -0.329 e. The number of aromatic nitrogens is 2. The maximum Gasteiger partial charge on any atom is 0.0537 e. The average Bonchev–Trinajstić information content (AvgIpc) is 2.84. The van der Waals surface area contributed by atoms with Gasteiger partial charge >= 0.3 is 0 Å². The second-order valence-electron chi connectivity index (χ2n) is 4.39. The molecule has 4 nitrogen and oxygen atoms in total. The fourth-order valence-corrected chi connectivity index (χ4v) is 2.47. The Morgan fingerprint density at radius 1 is 1.67 bits per heavy atom. The van der Waals surface area contributed by atoms with Crippen LogP contribution in [-0.2, 0) is 7.05 Å². The van der Waals surface area contributed by atoms with Gasteiger partial charge < -0.3 is 5.73 Å². The molecule has 1 aliphatic rings. The molecule has 2 atom stereocenters. The van der Waals surface area contributed by atoms with Crippen LogP contribution in [0.15, 0.2) is 12.4 Å². The van der Waals surface area contributed by atoms with E-state index in [0.29, 0.717) is 12.1 Å². The number of hydrogen-bond acceptors (Lipinski definition) is 3. The summed E-state index contributed by atoms with van der Waals surface area (Å²) in [4.78, 5) is 2.50. The molecule has 0 amide bonds. The van der Waals surface area contributed by atoms with E-state index in [9.17, 15) is 0 Å². The molecule has 1 aliphatic heterocycles. The molecule has 1 aromatic heterocycles. The number of nitrogens with zero attached hydrogens (tertiary/aromatic N) is 3. The summed E-state index contributed by atoms with van der Waals surface area (Å²) in [7, 11) is 1.96. The maximum atomic E-state index is 5.78. The third kappa shape index (κ3) is 2.06. The Hall–Kier alpha value is -0.870. The molecular formula is C11H20N4. The fraction of sp³-hybridized carbons (Fsp3) is 0.727. The zero-order chi connectivity index (χ0) is 10.8. The lowest BCUT2D eigenvalue weighted by Crippen LogP contribution is -2.37. The molecule has 4 heteroatoms. The summed E-state index contributed by atoms with van der Waals surface area (Å²) in [6, 6.07) is 0.995. The second-order valence-corrected chi connectivity index (χ2v) is 4.39. The molecule has 0 aromatic carbocycles. The first-order valence-corrected chi connectivity index (χ1v) is 5.66. The standard InChI is InChI=1S/C11H20N4/c1-9(10-7-13-14(2)8-10)15-5-3-4-11(15)6-12/h7-9,11H,3-6,12H2,1-2H3. The van der Waals surface area contributed by atoms with E-state index in [2.05, 4.69) is 23.1 Å². The van der Waals surface area contributed by atoms with Gasteiger partial charge in [-0.25, -0.2) is 0 Å². The molecule has 1 aromatic rings. The number of nitrogens with two attached hydrogens (primary N) is 1. The van der Waals surface area contributed by atoms with Gasteiger partial charge in [0.15, 0.2) is 0 Å². The Labute approximate surface area is 91.1 Å². The number of aryl methyl sites for hydroxylation is 1. The van der Waals surface area contributed by atoms with Crippen molar-refractivity contribution >= 4 is 0 Å². The Bertz CT molecular complexity index is 320. The van der Waals surface area contributed by atoms with Crippen molar-refractivity contribution in [3.63, 3.8) is 0 Å². The van der Waals surface area contributed by atoms with Crippen LogP contribution in [0.3, 0.4) is 0 Å². The SMILES string of the molecule is CC(c1cnn(C)c1)N1CCCC1CN. The van der Waals surface area contributed by atoms with Crippen molar-refractivity contribution in [2.24, 2.45) is 12.8 Å². The van der Waals surface area contributed by atoms with Crippen molar-refractivity contribution in [2.75, 3.05) is 13.1 Å². The molecule has 0 aliphatic carbocycles. The van der Waals surface area contributed by atoms with E-state index in [4.69, 9.17) is 5.73 Å². The third-order valence-corrected chi connectivity index (χ3v) is 3.40. The monoisotopic (exact) mass is 208 g/mol. The Kier molecular flexibility index (Phi) is 3.07. The quantitative estimate of drug-likeness (QED) is 0.803. The van der Waals surface area contributed by atoms with Crippen LogP contribution in [0, 0.1) is 0 Å². The van der Waals surface area contributed by atoms with Gasteiger partial charge in [0.1, 0.15) is 0 Å². The zero-order valence-electron chi connectivity index (χ0n) is 9.56. The van der Waals surface area contributed by atoms with Crippen molar-refractivity contribution in [1.29, 1.82) is 0 Å². The van der Waals surface area contributed by atoms with E-state index >= 15 is 0 Å². The Morgan fingerprint density at radius 2 is 2.47 bits per heavy atom. The molecule has 2 N–H and O–H groups in total. The molecule has 2 heterocycles. The zero-order valence-corrected chi connectivity index (χ0v) is 9.56. The molecular weight excluding hydrogens is 188 g/mol. The molecule has 2 rings (SSSR count). The largest absolute Gasteiger partial charge is 0.329 e. The molecule has 15 heavy (non-hydrogen) atoms. The molecule has 0 radical (unpaired) electrons. The molecule has 0 bridgehead atoms. The summed E-state index contributed by atoms with van der Waals surface area (Å²) in [5.74, 6) is 0. The van der Waals surface area contributed by atoms with Crippen LogP contribution < -0.4 is 5.73 Å². The van der Waals surface area contributed by atoms with Crippen LogP contribution in [0.25, 0.3) is 0 Å². The van der Waals surface area contributed by atoms with Crippen molar-refractivity contribution in [2.45, 2.75) is 31.8 Å². The lowest BCUT2D eigenvalue weighted by molar-refractivity contribution is 0.197. The minimum atomic E-state index is 0.440. The predicted octanol–water partition coefficient (Wildman–Crippen LogP) is 0.904. The summed E-state index contributed by atoms with van der Waals surface area (Å²) in [5, 5.41) is 4.22. The fourth-order valence-electron chi connectivity index (χ4n) is 2.47. The highest BCUT2D eigenvalue weighted by Crippen LogP contribution is 2.28. The molecule has 1 saturated heterocycles. The molecule has 1 fully saturated rings. The van der Waals surface area contributed by atoms with E-state index in [0.717, 1.165) is 13.1 Å². The van der Waals surface area contributed by atoms with Gasteiger partial charge in [-0.3, -0.25) is 9.58 Å². The number of hydrogen-bond donors (Lipinski definition) is 1. The predicted molar refractivity (Wildman–Crippen MR) is 60.4 cm³/mol. The van der Waals surface area contributed by atoms with Gasteiger partial charge in [-0.1, -0.05) is 0 Å². The highest BCUT2D eigenvalue weighted by Gasteiger charge is 2.28. The second kappa shape index (κ2) is 4.33. The van der Waals surface area contributed by atoms with E-state index in [1.807, 2.05) is 17.9 Å². The maximum absolute atomic E-state index is 5.78. The Morgan fingerprint density at radius 3 is 3.07 bits per heavy atom. The summed E-state index contributed by atoms with van der Waals surface area (Å²) in [6.45, 7) is 4.17. The first kappa shape index (κ1) is 10.6. The van der Waals surface area contributed by atoms with Crippen LogP contribution >= 0.6 is 0 Å². The van der Waals surface area contributed by atoms with Gasteiger partial charge in [0.2, 0.25) is 0 Å². The van der Waals surface area contributed by atoms with Crippen molar-refractivity contribution < 1.29 is 0 Å². The lowest BCUT2D eigenvalue weighted by atomic mass is 10.1. The molecule has 2 unspecified atom stereocenters. The van der Waals surface area contributed by atoms with Crippen LogP contribution in [0.4, 0.5) is 0 Å². The first-order valence-electron chi connectivity index (χ1n) is 5.66. The van der Waals surface area contributed by atoms with Crippen molar-refractivity contribution in [1.82, 2.24) is 14.7 Å². The highest BCUT2D eigenvalue weighted by atomic mass is 15.3. The van der Waals surface area contributed by atoms with Crippen LogP contribution in [0.5, 0.6) is 0 Å². The molecule has 84 valence electrons. The topological polar surface area (TPSA) is 47.1 Å². The Balaban J connectivity index is 2.10. The summed E-state index contributed by atoms with van der Waals surface area (Å²) in [6.07, 6.45) is 6.56. The number of likely N-dealkylation sites (tertiary alicyclic amines) is 1. The smallest absolute Gasteiger partial charge is 0.0537 e. The van der Waals surface area contributed by atoms with Gasteiger partial charge in [0.05, 0.1) is 6.20 Å². The van der Waals surface area contributed by atoms with E-state index in [1.165, 1.54) is 18.4 Å². The lowest BCUT2D eigenvalue weighted by Gasteiger charge is -2.29. The van der Waals surface area contributed by atoms with Crippen LogP contribution in [0.1, 0.15) is 31.4 Å². The summed E-state index contributed by atoms with van der Waals surface area (Å²) >= 11 is 0. The van der Waals surface area contributed by atoms with Gasteiger partial charge in [-0.15, -0.1) is 0 Å². The van der Waals surface area contributed by atoms with Gasteiger partial charge in [0.25, 0.3) is 0 Å². The molecule has 0 saturated carbocycles. The van der Waals surface area contributed by atoms with E-state index in [1.54, 1.807) is 0 Å². The van der Waals surface area contributed by atoms with Crippen LogP contribution in [0.2, 0.25) is 0 Å². The average molecular weight is 208 g/mol. The van der Waals surface area contributed by atoms with Crippen molar-refractivity contribution in [3.8, 4) is 0 Å². The van der Waals surface area contributed by atoms with E-state index < -0.39 is 0 Å². The highest BCUT2D eigenvalue weighted by molar-refractivity contribution is 5.10. The van der Waals surface area contributed by atoms with Crippen LogP contribution in [-0.4, -0.2) is 33.8 Å². The third-order valence-electron chi connectivity index (χ3n) is 3.40. The number of rotatable bonds is 3. The van der Waals surface area contributed by atoms with E-state index in [-0.39, 0.29) is 0 Å². The first-order chi connectivity index (χ1) is 7.22. The summed E-state index contributed by atoms with van der Waals surface area (Å²) < 4.78 is 1.86.